The fourth-order valence-electron chi connectivity index (χ4n) is 2.20. The Balaban J connectivity index is 1.99. The van der Waals surface area contributed by atoms with Crippen LogP contribution in [0.25, 0.3) is 0 Å². The van der Waals surface area contributed by atoms with Crippen LogP contribution in [0.15, 0.2) is 11.2 Å². The number of thiazole rings is 1. The summed E-state index contributed by atoms with van der Waals surface area (Å²) in [6.07, 6.45) is 2.81. The molecule has 9 heteroatoms. The standard InChI is InChI=1S/C16H27N7OS/c1-12-10-18-15(25-12)6-8-22(3)16(17-7-9-24-5)19-11-14-21-20-13(2)23(14)4/h10H,6-9,11H2,1-5H3,(H,17,19). The van der Waals surface area contributed by atoms with Crippen molar-refractivity contribution in [3.05, 3.63) is 27.7 Å². The van der Waals surface area contributed by atoms with Gasteiger partial charge in [-0.3, -0.25) is 0 Å². The van der Waals surface area contributed by atoms with E-state index in [2.05, 4.69) is 32.3 Å². The Bertz CT molecular complexity index is 694. The van der Waals surface area contributed by atoms with E-state index in [1.54, 1.807) is 18.4 Å². The number of aryl methyl sites for hydroxylation is 2. The quantitative estimate of drug-likeness (QED) is 0.429. The number of hydrogen-bond donors (Lipinski definition) is 1. The first-order valence-electron chi connectivity index (χ1n) is 8.25. The fourth-order valence-corrected chi connectivity index (χ4v) is 2.97. The number of guanidine groups is 1. The van der Waals surface area contributed by atoms with E-state index in [0.717, 1.165) is 35.6 Å². The molecular formula is C16H27N7OS. The largest absolute Gasteiger partial charge is 0.383 e. The molecule has 0 fully saturated rings. The minimum atomic E-state index is 0.480. The van der Waals surface area contributed by atoms with Crippen LogP contribution in [0.1, 0.15) is 21.5 Å². The summed E-state index contributed by atoms with van der Waals surface area (Å²) in [7, 11) is 5.67. The highest BCUT2D eigenvalue weighted by Gasteiger charge is 2.10. The average molecular weight is 366 g/mol. The number of nitrogens with zero attached hydrogens (tertiary/aromatic N) is 6. The van der Waals surface area contributed by atoms with Crippen molar-refractivity contribution >= 4 is 17.3 Å². The Morgan fingerprint density at radius 2 is 2.20 bits per heavy atom. The maximum Gasteiger partial charge on any atom is 0.194 e. The Morgan fingerprint density at radius 3 is 2.80 bits per heavy atom. The second-order valence-electron chi connectivity index (χ2n) is 5.82. The third-order valence-corrected chi connectivity index (χ3v) is 4.81. The number of nitrogens with one attached hydrogen (secondary N) is 1. The molecule has 2 rings (SSSR count). The van der Waals surface area contributed by atoms with Crippen molar-refractivity contribution in [3.8, 4) is 0 Å². The molecule has 0 radical (unpaired) electrons. The third-order valence-electron chi connectivity index (χ3n) is 3.83. The SMILES string of the molecule is COCCNC(=NCc1nnc(C)n1C)N(C)CCc1ncc(C)s1. The summed E-state index contributed by atoms with van der Waals surface area (Å²) in [6.45, 7) is 6.65. The molecule has 0 aliphatic rings. The van der Waals surface area contributed by atoms with Gasteiger partial charge in [-0.1, -0.05) is 0 Å². The van der Waals surface area contributed by atoms with Gasteiger partial charge >= 0.3 is 0 Å². The minimum absolute atomic E-state index is 0.480. The van der Waals surface area contributed by atoms with Crippen molar-refractivity contribution in [2.45, 2.75) is 26.8 Å². The molecule has 2 heterocycles. The number of likely N-dealkylation sites (N-methyl/N-ethyl adjacent to an activating group) is 1. The summed E-state index contributed by atoms with van der Waals surface area (Å²) in [5, 5.41) is 12.7. The van der Waals surface area contributed by atoms with Gasteiger partial charge in [-0.25, -0.2) is 9.98 Å². The van der Waals surface area contributed by atoms with Crippen LogP contribution in [0, 0.1) is 13.8 Å². The third kappa shape index (κ3) is 5.79. The Labute approximate surface area is 153 Å². The summed E-state index contributed by atoms with van der Waals surface area (Å²) in [5.41, 5.74) is 0. The molecule has 2 aromatic heterocycles. The highest BCUT2D eigenvalue weighted by molar-refractivity contribution is 7.11. The minimum Gasteiger partial charge on any atom is -0.383 e. The predicted molar refractivity (Wildman–Crippen MR) is 99.9 cm³/mol. The normalized spacial score (nSPS) is 11.8. The zero-order valence-corrected chi connectivity index (χ0v) is 16.4. The van der Waals surface area contributed by atoms with Crippen molar-refractivity contribution in [1.29, 1.82) is 0 Å². The van der Waals surface area contributed by atoms with Gasteiger partial charge in [-0.05, 0) is 13.8 Å². The molecule has 0 aliphatic carbocycles. The highest BCUT2D eigenvalue weighted by Crippen LogP contribution is 2.12. The van der Waals surface area contributed by atoms with Gasteiger partial charge in [-0.2, -0.15) is 0 Å². The number of rotatable bonds is 8. The van der Waals surface area contributed by atoms with E-state index in [1.165, 1.54) is 4.88 Å². The van der Waals surface area contributed by atoms with Gasteiger partial charge in [0.05, 0.1) is 11.6 Å². The lowest BCUT2D eigenvalue weighted by Gasteiger charge is -2.22. The summed E-state index contributed by atoms with van der Waals surface area (Å²) in [5.74, 6) is 2.55. The van der Waals surface area contributed by atoms with E-state index in [-0.39, 0.29) is 0 Å². The van der Waals surface area contributed by atoms with E-state index in [0.29, 0.717) is 19.7 Å². The molecule has 0 unspecified atom stereocenters. The van der Waals surface area contributed by atoms with Gasteiger partial charge in [0.2, 0.25) is 0 Å². The maximum atomic E-state index is 5.12. The second kappa shape index (κ2) is 9.47. The molecule has 0 spiro atoms. The lowest BCUT2D eigenvalue weighted by Crippen LogP contribution is -2.41. The molecule has 0 bridgehead atoms. The van der Waals surface area contributed by atoms with Crippen molar-refractivity contribution in [2.75, 3.05) is 33.9 Å². The average Bonchev–Trinajstić information content (AvgIpc) is 3.15. The molecule has 1 N–H and O–H groups in total. The van der Waals surface area contributed by atoms with Crippen molar-refractivity contribution in [3.63, 3.8) is 0 Å². The first kappa shape index (κ1) is 19.3. The predicted octanol–water partition coefficient (Wildman–Crippen LogP) is 1.15. The lowest BCUT2D eigenvalue weighted by atomic mass is 10.4. The molecule has 8 nitrogen and oxygen atoms in total. The van der Waals surface area contributed by atoms with E-state index < -0.39 is 0 Å². The van der Waals surface area contributed by atoms with E-state index >= 15 is 0 Å². The van der Waals surface area contributed by atoms with Crippen LogP contribution in [0.5, 0.6) is 0 Å². The Kier molecular flexibility index (Phi) is 7.32. The Morgan fingerprint density at radius 1 is 1.40 bits per heavy atom. The van der Waals surface area contributed by atoms with Crippen molar-refractivity contribution in [1.82, 2.24) is 30.0 Å². The number of aromatic nitrogens is 4. The van der Waals surface area contributed by atoms with Crippen LogP contribution < -0.4 is 5.32 Å². The van der Waals surface area contributed by atoms with Crippen LogP contribution in [-0.4, -0.2) is 64.5 Å². The van der Waals surface area contributed by atoms with Gasteiger partial charge in [-0.15, -0.1) is 21.5 Å². The molecule has 0 saturated heterocycles. The lowest BCUT2D eigenvalue weighted by molar-refractivity contribution is 0.203. The first-order chi connectivity index (χ1) is 12.0. The van der Waals surface area contributed by atoms with Gasteiger partial charge < -0.3 is 19.5 Å². The zero-order valence-electron chi connectivity index (χ0n) is 15.6. The monoisotopic (exact) mass is 365 g/mol. The highest BCUT2D eigenvalue weighted by atomic mass is 32.1. The van der Waals surface area contributed by atoms with Gasteiger partial charge in [0.25, 0.3) is 0 Å². The molecule has 0 aliphatic heterocycles. The second-order valence-corrected chi connectivity index (χ2v) is 7.14. The van der Waals surface area contributed by atoms with Gasteiger partial charge in [0, 0.05) is 51.8 Å². The number of methoxy groups -OCH3 is 1. The first-order valence-corrected chi connectivity index (χ1v) is 9.07. The van der Waals surface area contributed by atoms with Crippen LogP contribution in [0.2, 0.25) is 0 Å². The van der Waals surface area contributed by atoms with Crippen LogP contribution in [-0.2, 0) is 24.8 Å². The van der Waals surface area contributed by atoms with Gasteiger partial charge in [0.1, 0.15) is 12.4 Å². The molecule has 25 heavy (non-hydrogen) atoms. The van der Waals surface area contributed by atoms with Crippen LogP contribution >= 0.6 is 11.3 Å². The molecule has 138 valence electrons. The molecule has 0 saturated carbocycles. The number of ether oxygens (including phenoxy) is 1. The van der Waals surface area contributed by atoms with Crippen LogP contribution in [0.4, 0.5) is 0 Å². The van der Waals surface area contributed by atoms with E-state index in [1.807, 2.05) is 31.8 Å². The van der Waals surface area contributed by atoms with E-state index in [9.17, 15) is 0 Å². The van der Waals surface area contributed by atoms with Crippen LogP contribution in [0.3, 0.4) is 0 Å². The summed E-state index contributed by atoms with van der Waals surface area (Å²) in [6, 6.07) is 0. The van der Waals surface area contributed by atoms with Crippen molar-refractivity contribution < 1.29 is 4.74 Å². The molecule has 0 atom stereocenters. The molecular weight excluding hydrogens is 338 g/mol. The molecule has 0 amide bonds. The van der Waals surface area contributed by atoms with Crippen molar-refractivity contribution in [2.24, 2.45) is 12.0 Å². The molecule has 2 aromatic rings. The van der Waals surface area contributed by atoms with Gasteiger partial charge in [0.15, 0.2) is 11.8 Å². The smallest absolute Gasteiger partial charge is 0.194 e. The number of hydrogen-bond acceptors (Lipinski definition) is 6. The number of aliphatic imine (C=N–C) groups is 1. The maximum absolute atomic E-state index is 5.12. The zero-order chi connectivity index (χ0) is 18.2. The van der Waals surface area contributed by atoms with E-state index in [4.69, 9.17) is 9.73 Å². The Hall–Kier alpha value is -2.00. The summed E-state index contributed by atoms with van der Waals surface area (Å²) >= 11 is 1.74. The summed E-state index contributed by atoms with van der Waals surface area (Å²) < 4.78 is 7.07. The summed E-state index contributed by atoms with van der Waals surface area (Å²) in [4.78, 5) is 12.5. The topological polar surface area (TPSA) is 80.5 Å². The fraction of sp³-hybridized carbons (Fsp3) is 0.625. The molecule has 0 aromatic carbocycles.